The summed E-state index contributed by atoms with van der Waals surface area (Å²) in [4.78, 5) is 42.7. The molecule has 0 aromatic carbocycles. The van der Waals surface area contributed by atoms with E-state index in [1.807, 2.05) is 0 Å². The molecule has 0 aromatic rings. The first-order chi connectivity index (χ1) is 22.3. The van der Waals surface area contributed by atoms with E-state index in [-0.39, 0.29) is 19.4 Å². The lowest BCUT2D eigenvalue weighted by Crippen LogP contribution is -2.29. The maximum Gasteiger partial charge on any atom is 0.469 e. The molecule has 2 N–H and O–H groups in total. The van der Waals surface area contributed by atoms with Crippen molar-refractivity contribution in [3.63, 3.8) is 0 Å². The summed E-state index contributed by atoms with van der Waals surface area (Å²) in [5.74, 6) is -0.887. The van der Waals surface area contributed by atoms with Crippen LogP contribution in [0.2, 0.25) is 0 Å². The van der Waals surface area contributed by atoms with Crippen molar-refractivity contribution in [3.05, 3.63) is 12.2 Å². The minimum atomic E-state index is -4.74. The van der Waals surface area contributed by atoms with Gasteiger partial charge in [-0.1, -0.05) is 154 Å². The van der Waals surface area contributed by atoms with Crippen LogP contribution >= 0.6 is 7.82 Å². The molecule has 1 atom stereocenters. The van der Waals surface area contributed by atoms with Gasteiger partial charge in [0.2, 0.25) is 0 Å². The molecule has 0 saturated heterocycles. The smallest absolute Gasteiger partial charge is 0.462 e. The van der Waals surface area contributed by atoms with Crippen LogP contribution in [-0.4, -0.2) is 41.0 Å². The number of phosphoric acid groups is 1. The van der Waals surface area contributed by atoms with Gasteiger partial charge in [-0.3, -0.25) is 14.1 Å². The average Bonchev–Trinajstić information content (AvgIpc) is 3.02. The van der Waals surface area contributed by atoms with E-state index in [4.69, 9.17) is 19.3 Å². The third kappa shape index (κ3) is 35.6. The highest BCUT2D eigenvalue weighted by molar-refractivity contribution is 7.46. The zero-order chi connectivity index (χ0) is 34.0. The fourth-order valence-electron chi connectivity index (χ4n) is 5.43. The van der Waals surface area contributed by atoms with Gasteiger partial charge in [-0.25, -0.2) is 4.57 Å². The summed E-state index contributed by atoms with van der Waals surface area (Å²) < 4.78 is 26.3. The van der Waals surface area contributed by atoms with Crippen molar-refractivity contribution in [2.24, 2.45) is 0 Å². The Kier molecular flexibility index (Phi) is 32.8. The standard InChI is InChI=1S/C37H71O8P/c1-3-5-7-9-11-13-15-17-18-20-22-24-26-28-30-32-37(39)45-35(34-44-46(40,41)42)33-43-36(38)31-29-27-25-23-21-19-16-14-12-10-8-6-4-2/h17-18,35H,3-16,19-34H2,1-2H3,(H2,40,41,42)/b18-17+/t35-/m0/s1. The van der Waals surface area contributed by atoms with Gasteiger partial charge >= 0.3 is 19.8 Å². The maximum absolute atomic E-state index is 12.3. The van der Waals surface area contributed by atoms with Crippen LogP contribution < -0.4 is 0 Å². The summed E-state index contributed by atoms with van der Waals surface area (Å²) in [6, 6.07) is 0. The molecule has 272 valence electrons. The fourth-order valence-corrected chi connectivity index (χ4v) is 5.79. The van der Waals surface area contributed by atoms with Gasteiger partial charge in [0.1, 0.15) is 6.61 Å². The monoisotopic (exact) mass is 674 g/mol. The minimum absolute atomic E-state index is 0.206. The van der Waals surface area contributed by atoms with Gasteiger partial charge in [-0.2, -0.15) is 0 Å². The third-order valence-electron chi connectivity index (χ3n) is 8.28. The summed E-state index contributed by atoms with van der Waals surface area (Å²) in [6.45, 7) is 3.67. The molecule has 0 aliphatic heterocycles. The third-order valence-corrected chi connectivity index (χ3v) is 8.77. The van der Waals surface area contributed by atoms with Gasteiger partial charge in [0.25, 0.3) is 0 Å². The van der Waals surface area contributed by atoms with Crippen molar-refractivity contribution < 1.29 is 37.9 Å². The van der Waals surface area contributed by atoms with Gasteiger partial charge in [0, 0.05) is 12.8 Å². The van der Waals surface area contributed by atoms with Crippen LogP contribution in [0.4, 0.5) is 0 Å². The summed E-state index contributed by atoms with van der Waals surface area (Å²) in [7, 11) is -4.74. The van der Waals surface area contributed by atoms with E-state index in [0.717, 1.165) is 51.4 Å². The molecule has 9 heteroatoms. The van der Waals surface area contributed by atoms with Crippen LogP contribution in [0.1, 0.15) is 194 Å². The van der Waals surface area contributed by atoms with E-state index in [1.54, 1.807) is 0 Å². The largest absolute Gasteiger partial charge is 0.469 e. The van der Waals surface area contributed by atoms with Crippen LogP contribution in [0, 0.1) is 0 Å². The minimum Gasteiger partial charge on any atom is -0.462 e. The Morgan fingerprint density at radius 1 is 0.543 bits per heavy atom. The van der Waals surface area contributed by atoms with Crippen molar-refractivity contribution in [1.29, 1.82) is 0 Å². The zero-order valence-electron chi connectivity index (χ0n) is 29.7. The number of phosphoric ester groups is 1. The summed E-state index contributed by atoms with van der Waals surface area (Å²) >= 11 is 0. The highest BCUT2D eigenvalue weighted by Crippen LogP contribution is 2.36. The first-order valence-corrected chi connectivity index (χ1v) is 20.5. The molecule has 0 aromatic heterocycles. The van der Waals surface area contributed by atoms with Crippen molar-refractivity contribution in [2.75, 3.05) is 13.2 Å². The molecule has 0 heterocycles. The van der Waals surface area contributed by atoms with Crippen LogP contribution in [0.15, 0.2) is 12.2 Å². The van der Waals surface area contributed by atoms with Crippen molar-refractivity contribution in [1.82, 2.24) is 0 Å². The second-order valence-electron chi connectivity index (χ2n) is 12.9. The number of unbranched alkanes of at least 4 members (excludes halogenated alkanes) is 23. The van der Waals surface area contributed by atoms with Gasteiger partial charge in [0.15, 0.2) is 6.10 Å². The highest BCUT2D eigenvalue weighted by atomic mass is 31.2. The topological polar surface area (TPSA) is 119 Å². The zero-order valence-corrected chi connectivity index (χ0v) is 30.6. The Hall–Kier alpha value is -1.21. The Balaban J connectivity index is 3.96. The molecule has 0 saturated carbocycles. The predicted octanol–water partition coefficient (Wildman–Crippen LogP) is 11.1. The molecule has 0 amide bonds. The number of carbonyl (C=O) groups excluding carboxylic acids is 2. The van der Waals surface area contributed by atoms with E-state index in [0.29, 0.717) is 6.42 Å². The summed E-state index contributed by atoms with van der Waals surface area (Å²) in [5.41, 5.74) is 0. The predicted molar refractivity (Wildman–Crippen MR) is 189 cm³/mol. The molecule has 0 spiro atoms. The van der Waals surface area contributed by atoms with Crippen LogP contribution in [-0.2, 0) is 28.2 Å². The average molecular weight is 675 g/mol. The van der Waals surface area contributed by atoms with Gasteiger partial charge in [0.05, 0.1) is 6.61 Å². The van der Waals surface area contributed by atoms with Crippen molar-refractivity contribution in [3.8, 4) is 0 Å². The Bertz CT molecular complexity index is 766. The molecular formula is C37H71O8P. The van der Waals surface area contributed by atoms with Crippen LogP contribution in [0.3, 0.4) is 0 Å². The van der Waals surface area contributed by atoms with Gasteiger partial charge < -0.3 is 19.3 Å². The number of ether oxygens (including phenoxy) is 2. The maximum atomic E-state index is 12.3. The number of allylic oxidation sites excluding steroid dienone is 2. The lowest BCUT2D eigenvalue weighted by atomic mass is 10.0. The molecule has 8 nitrogen and oxygen atoms in total. The normalized spacial score (nSPS) is 12.5. The Morgan fingerprint density at radius 2 is 0.913 bits per heavy atom. The SMILES string of the molecule is CCCCCCCC/C=C/CCCCCCCC(=O)O[C@@H](COC(=O)CCCCCCCCCCCCCCC)COP(=O)(O)O. The molecule has 0 radical (unpaired) electrons. The number of esters is 2. The molecule has 0 aliphatic carbocycles. The number of hydrogen-bond acceptors (Lipinski definition) is 6. The number of hydrogen-bond donors (Lipinski definition) is 2. The molecule has 0 fully saturated rings. The Labute approximate surface area is 282 Å². The first kappa shape index (κ1) is 44.8. The summed E-state index contributed by atoms with van der Waals surface area (Å²) in [6.07, 6.45) is 35.0. The summed E-state index contributed by atoms with van der Waals surface area (Å²) in [5, 5.41) is 0. The lowest BCUT2D eigenvalue weighted by molar-refractivity contribution is -0.161. The van der Waals surface area contributed by atoms with E-state index >= 15 is 0 Å². The van der Waals surface area contributed by atoms with Crippen molar-refractivity contribution >= 4 is 19.8 Å². The Morgan fingerprint density at radius 3 is 1.33 bits per heavy atom. The second-order valence-corrected chi connectivity index (χ2v) is 14.1. The number of rotatable bonds is 35. The first-order valence-electron chi connectivity index (χ1n) is 19.0. The van der Waals surface area contributed by atoms with E-state index in [1.165, 1.54) is 109 Å². The van der Waals surface area contributed by atoms with E-state index < -0.39 is 32.5 Å². The quantitative estimate of drug-likeness (QED) is 0.0295. The van der Waals surface area contributed by atoms with Crippen LogP contribution in [0.5, 0.6) is 0 Å². The van der Waals surface area contributed by atoms with Crippen LogP contribution in [0.25, 0.3) is 0 Å². The molecule has 0 bridgehead atoms. The second kappa shape index (κ2) is 33.7. The van der Waals surface area contributed by atoms with Gasteiger partial charge in [-0.05, 0) is 38.5 Å². The highest BCUT2D eigenvalue weighted by Gasteiger charge is 2.22. The van der Waals surface area contributed by atoms with Crippen molar-refractivity contribution in [2.45, 2.75) is 200 Å². The van der Waals surface area contributed by atoms with E-state index in [9.17, 15) is 14.2 Å². The molecule has 46 heavy (non-hydrogen) atoms. The molecule has 0 unspecified atom stereocenters. The van der Waals surface area contributed by atoms with Gasteiger partial charge in [-0.15, -0.1) is 0 Å². The lowest BCUT2D eigenvalue weighted by Gasteiger charge is -2.18. The number of carbonyl (C=O) groups is 2. The van der Waals surface area contributed by atoms with E-state index in [2.05, 4.69) is 30.5 Å². The fraction of sp³-hybridized carbons (Fsp3) is 0.892. The molecular weight excluding hydrogens is 603 g/mol. The molecule has 0 rings (SSSR count). The molecule has 0 aliphatic rings.